The number of aryl methyl sites for hydroxylation is 2. The van der Waals surface area contributed by atoms with E-state index in [1.165, 1.54) is 16.0 Å². The molecule has 30 heavy (non-hydrogen) atoms. The molecule has 0 bridgehead atoms. The Labute approximate surface area is 179 Å². The molecule has 3 aromatic rings. The molecule has 0 saturated heterocycles. The highest BCUT2D eigenvalue weighted by Gasteiger charge is 2.30. The molecule has 0 fully saturated rings. The first-order valence-corrected chi connectivity index (χ1v) is 10.2. The van der Waals surface area contributed by atoms with Crippen molar-refractivity contribution in [1.82, 2.24) is 29.8 Å². The van der Waals surface area contributed by atoms with Gasteiger partial charge in [-0.2, -0.15) is 14.9 Å². The van der Waals surface area contributed by atoms with E-state index in [1.807, 2.05) is 48.5 Å². The van der Waals surface area contributed by atoms with E-state index in [9.17, 15) is 0 Å². The van der Waals surface area contributed by atoms with Gasteiger partial charge in [0.1, 0.15) is 10.8 Å². The van der Waals surface area contributed by atoms with Crippen LogP contribution >= 0.6 is 11.3 Å². The van der Waals surface area contributed by atoms with Gasteiger partial charge in [0, 0.05) is 12.5 Å². The van der Waals surface area contributed by atoms with Gasteiger partial charge in [0.05, 0.1) is 18.0 Å². The largest absolute Gasteiger partial charge is 0.382 e. The van der Waals surface area contributed by atoms with Crippen LogP contribution in [-0.2, 0) is 17.9 Å². The van der Waals surface area contributed by atoms with E-state index < -0.39 is 0 Å². The third-order valence-electron chi connectivity index (χ3n) is 4.38. The number of anilines is 1. The average molecular weight is 427 g/mol. The van der Waals surface area contributed by atoms with Crippen molar-refractivity contribution >= 4 is 34.3 Å². The maximum Gasteiger partial charge on any atom is 0.255 e. The molecule has 0 radical (unpaired) electrons. The van der Waals surface area contributed by atoms with Crippen LogP contribution in [0.4, 0.5) is 23.0 Å². The maximum absolute atomic E-state index is 7.75. The van der Waals surface area contributed by atoms with Crippen molar-refractivity contribution in [1.29, 1.82) is 0 Å². The summed E-state index contributed by atoms with van der Waals surface area (Å²) in [4.78, 5) is 3.72. The standard InChI is InChI=1S/C19H26N10S/c1-10-22-25-17(30-10)29-16(12(21-8)14(27-29)19(5,6)7)24-23-11-13(18(2,3)4)26-28(9)15(11)20/h20H2,1-7,9H3. The van der Waals surface area contributed by atoms with Crippen molar-refractivity contribution in [3.63, 3.8) is 0 Å². The minimum atomic E-state index is -0.362. The van der Waals surface area contributed by atoms with Gasteiger partial charge in [0.15, 0.2) is 11.5 Å². The normalized spacial score (nSPS) is 12.6. The lowest BCUT2D eigenvalue weighted by atomic mass is 9.91. The SMILES string of the molecule is [C-]#[N+]c1c(C(C)(C)C)nn(-c2nnc(C)s2)c1N=Nc1c(C(C)(C)C)nn(C)c1N. The molecule has 0 aliphatic rings. The molecule has 0 saturated carbocycles. The first-order valence-electron chi connectivity index (χ1n) is 9.40. The Kier molecular flexibility index (Phi) is 5.24. The molecule has 0 aliphatic carbocycles. The predicted molar refractivity (Wildman–Crippen MR) is 117 cm³/mol. The number of nitrogens with two attached hydrogens (primary N) is 1. The summed E-state index contributed by atoms with van der Waals surface area (Å²) in [5.74, 6) is 0.705. The maximum atomic E-state index is 7.75. The van der Waals surface area contributed by atoms with E-state index in [1.54, 1.807) is 11.7 Å². The lowest BCUT2D eigenvalue weighted by Crippen LogP contribution is -2.12. The van der Waals surface area contributed by atoms with Crippen molar-refractivity contribution in [2.45, 2.75) is 59.3 Å². The summed E-state index contributed by atoms with van der Waals surface area (Å²) >= 11 is 1.37. The molecule has 3 heterocycles. The van der Waals surface area contributed by atoms with Gasteiger partial charge in [-0.05, 0) is 12.3 Å². The third-order valence-corrected chi connectivity index (χ3v) is 5.19. The first kappa shape index (κ1) is 21.6. The van der Waals surface area contributed by atoms with Crippen LogP contribution in [0.25, 0.3) is 9.98 Å². The van der Waals surface area contributed by atoms with Crippen molar-refractivity contribution in [3.8, 4) is 5.13 Å². The smallest absolute Gasteiger partial charge is 0.255 e. The van der Waals surface area contributed by atoms with Crippen LogP contribution < -0.4 is 5.73 Å². The molecule has 11 heteroatoms. The van der Waals surface area contributed by atoms with E-state index in [0.29, 0.717) is 33.8 Å². The van der Waals surface area contributed by atoms with E-state index in [4.69, 9.17) is 12.3 Å². The van der Waals surface area contributed by atoms with Gasteiger partial charge >= 0.3 is 0 Å². The summed E-state index contributed by atoms with van der Waals surface area (Å²) in [6, 6.07) is 0. The van der Waals surface area contributed by atoms with Crippen LogP contribution in [-0.4, -0.2) is 29.8 Å². The van der Waals surface area contributed by atoms with Crippen molar-refractivity contribution in [2.24, 2.45) is 17.3 Å². The Morgan fingerprint density at radius 2 is 1.63 bits per heavy atom. The fraction of sp³-hybridized carbons (Fsp3) is 0.526. The molecule has 3 rings (SSSR count). The van der Waals surface area contributed by atoms with E-state index >= 15 is 0 Å². The lowest BCUT2D eigenvalue weighted by molar-refractivity contribution is 0.554. The Bertz CT molecular complexity index is 1160. The highest BCUT2D eigenvalue weighted by atomic mass is 32.1. The number of nitrogens with zero attached hydrogens (tertiary/aromatic N) is 9. The second kappa shape index (κ2) is 7.28. The monoisotopic (exact) mass is 426 g/mol. The Hall–Kier alpha value is -3.13. The van der Waals surface area contributed by atoms with Crippen LogP contribution in [0.15, 0.2) is 10.2 Å². The molecular formula is C19H26N10S. The van der Waals surface area contributed by atoms with Crippen molar-refractivity contribution < 1.29 is 0 Å². The topological polar surface area (TPSA) is 117 Å². The Balaban J connectivity index is 2.24. The number of rotatable bonds is 3. The summed E-state index contributed by atoms with van der Waals surface area (Å²) in [7, 11) is 1.76. The fourth-order valence-electron chi connectivity index (χ4n) is 2.83. The average Bonchev–Trinajstić information content (AvgIpc) is 3.29. The molecular weight excluding hydrogens is 400 g/mol. The molecule has 0 aliphatic heterocycles. The van der Waals surface area contributed by atoms with Crippen molar-refractivity contribution in [2.75, 3.05) is 5.73 Å². The molecule has 3 aromatic heterocycles. The Morgan fingerprint density at radius 1 is 1.00 bits per heavy atom. The molecule has 0 spiro atoms. The van der Waals surface area contributed by atoms with Gasteiger partial charge in [-0.1, -0.05) is 52.9 Å². The van der Waals surface area contributed by atoms with Gasteiger partial charge in [-0.25, -0.2) is 4.85 Å². The molecule has 0 unspecified atom stereocenters. The van der Waals surface area contributed by atoms with Gasteiger partial charge < -0.3 is 5.73 Å². The highest BCUT2D eigenvalue weighted by Crippen LogP contribution is 2.42. The third kappa shape index (κ3) is 3.82. The highest BCUT2D eigenvalue weighted by molar-refractivity contribution is 7.13. The zero-order chi connectivity index (χ0) is 22.4. The zero-order valence-electron chi connectivity index (χ0n) is 18.5. The summed E-state index contributed by atoms with van der Waals surface area (Å²) in [5.41, 5.74) is 7.73. The number of nitrogen functional groups attached to an aromatic ring is 1. The minimum Gasteiger partial charge on any atom is -0.382 e. The molecule has 0 amide bonds. The number of aromatic nitrogens is 6. The minimum absolute atomic E-state index is 0.278. The van der Waals surface area contributed by atoms with Crippen LogP contribution in [0.2, 0.25) is 0 Å². The summed E-state index contributed by atoms with van der Waals surface area (Å²) < 4.78 is 3.11. The predicted octanol–water partition coefficient (Wildman–Crippen LogP) is 4.91. The molecule has 2 N–H and O–H groups in total. The molecule has 0 atom stereocenters. The molecule has 0 aromatic carbocycles. The van der Waals surface area contributed by atoms with Gasteiger partial charge in [0.25, 0.3) is 5.69 Å². The Morgan fingerprint density at radius 3 is 2.13 bits per heavy atom. The van der Waals surface area contributed by atoms with Crippen LogP contribution in [0, 0.1) is 13.5 Å². The quantitative estimate of drug-likeness (QED) is 0.472. The van der Waals surface area contributed by atoms with Crippen LogP contribution in [0.1, 0.15) is 57.9 Å². The van der Waals surface area contributed by atoms with Gasteiger partial charge in [0.2, 0.25) is 5.13 Å². The molecule has 10 nitrogen and oxygen atoms in total. The molecule has 158 valence electrons. The number of azo groups is 1. The van der Waals surface area contributed by atoms with Crippen molar-refractivity contribution in [3.05, 3.63) is 27.8 Å². The van der Waals surface area contributed by atoms with Gasteiger partial charge in [-0.3, -0.25) is 4.68 Å². The second-order valence-electron chi connectivity index (χ2n) is 9.05. The second-order valence-corrected chi connectivity index (χ2v) is 10.2. The summed E-state index contributed by atoms with van der Waals surface area (Å²) in [6.45, 7) is 21.7. The summed E-state index contributed by atoms with van der Waals surface area (Å²) in [5, 5.41) is 27.6. The van der Waals surface area contributed by atoms with Crippen LogP contribution in [0.3, 0.4) is 0 Å². The zero-order valence-corrected chi connectivity index (χ0v) is 19.3. The van der Waals surface area contributed by atoms with E-state index in [-0.39, 0.29) is 10.8 Å². The first-order chi connectivity index (χ1) is 13.8. The van der Waals surface area contributed by atoms with Gasteiger partial charge in [-0.15, -0.1) is 20.4 Å². The summed E-state index contributed by atoms with van der Waals surface area (Å²) in [6.07, 6.45) is 0. The van der Waals surface area contributed by atoms with E-state index in [2.05, 4.69) is 35.5 Å². The van der Waals surface area contributed by atoms with E-state index in [0.717, 1.165) is 10.7 Å². The lowest BCUT2D eigenvalue weighted by Gasteiger charge is -2.15. The number of hydrogen-bond acceptors (Lipinski definition) is 8. The number of hydrogen-bond donors (Lipinski definition) is 1. The van der Waals surface area contributed by atoms with Crippen LogP contribution in [0.5, 0.6) is 0 Å². The fourth-order valence-corrected chi connectivity index (χ4v) is 3.47.